The van der Waals surface area contributed by atoms with Crippen molar-refractivity contribution in [2.24, 2.45) is 0 Å². The van der Waals surface area contributed by atoms with E-state index in [-0.39, 0.29) is 23.9 Å². The predicted molar refractivity (Wildman–Crippen MR) is 80.6 cm³/mol. The predicted octanol–water partition coefficient (Wildman–Crippen LogP) is 2.68. The van der Waals surface area contributed by atoms with E-state index >= 15 is 0 Å². The van der Waals surface area contributed by atoms with Crippen molar-refractivity contribution in [1.82, 2.24) is 0 Å². The van der Waals surface area contributed by atoms with Crippen LogP contribution in [-0.2, 0) is 14.3 Å². The van der Waals surface area contributed by atoms with Gasteiger partial charge in [0.25, 0.3) is 10.1 Å². The highest BCUT2D eigenvalue weighted by atomic mass is 32.2. The number of benzene rings is 2. The zero-order valence-electron chi connectivity index (χ0n) is 12.4. The van der Waals surface area contributed by atoms with E-state index in [1.165, 1.54) is 24.3 Å². The highest BCUT2D eigenvalue weighted by Gasteiger charge is 2.26. The number of halogens is 1. The van der Waals surface area contributed by atoms with Crippen molar-refractivity contribution >= 4 is 10.1 Å². The number of hydrogen-bond donors (Lipinski definition) is 0. The molecule has 0 N–H and O–H groups in total. The van der Waals surface area contributed by atoms with Gasteiger partial charge in [0, 0.05) is 0 Å². The van der Waals surface area contributed by atoms with Gasteiger partial charge in [-0.25, -0.2) is 4.39 Å². The second-order valence-corrected chi connectivity index (χ2v) is 6.79. The summed E-state index contributed by atoms with van der Waals surface area (Å²) in [7, 11) is -3.89. The van der Waals surface area contributed by atoms with Gasteiger partial charge in [-0.3, -0.25) is 4.18 Å². The molecule has 1 aliphatic heterocycles. The monoisotopic (exact) mass is 338 g/mol. The van der Waals surface area contributed by atoms with Crippen LogP contribution < -0.4 is 9.47 Å². The maximum Gasteiger partial charge on any atom is 0.297 e. The van der Waals surface area contributed by atoms with Crippen LogP contribution in [0.5, 0.6) is 11.5 Å². The zero-order chi connectivity index (χ0) is 16.4. The molecule has 0 fully saturated rings. The van der Waals surface area contributed by atoms with Gasteiger partial charge >= 0.3 is 0 Å². The quantitative estimate of drug-likeness (QED) is 0.802. The number of para-hydroxylation sites is 1. The van der Waals surface area contributed by atoms with Gasteiger partial charge in [0.1, 0.15) is 13.2 Å². The summed E-state index contributed by atoms with van der Waals surface area (Å²) >= 11 is 0. The molecule has 0 amide bonds. The molecule has 0 saturated carbocycles. The molecule has 1 aliphatic rings. The summed E-state index contributed by atoms with van der Waals surface area (Å²) in [5, 5.41) is 0. The van der Waals surface area contributed by atoms with Gasteiger partial charge < -0.3 is 9.47 Å². The van der Waals surface area contributed by atoms with Crippen molar-refractivity contribution in [3.8, 4) is 11.5 Å². The number of ether oxygens (including phenoxy) is 2. The molecular formula is C16H15FO5S. The number of rotatable bonds is 4. The molecule has 7 heteroatoms. The molecule has 0 unspecified atom stereocenters. The molecule has 0 saturated heterocycles. The molecule has 0 aromatic heterocycles. The minimum atomic E-state index is -3.89. The van der Waals surface area contributed by atoms with E-state index in [1.54, 1.807) is 18.2 Å². The first-order chi connectivity index (χ1) is 11.0. The topological polar surface area (TPSA) is 61.8 Å². The number of hydrogen-bond acceptors (Lipinski definition) is 5. The number of fused-ring (bicyclic) bond motifs is 1. The third kappa shape index (κ3) is 3.46. The SMILES string of the molecule is Cc1ccc(S(=O)(=O)OC[C@H]2COc3cccc(F)c3O2)cc1. The smallest absolute Gasteiger partial charge is 0.297 e. The van der Waals surface area contributed by atoms with Crippen LogP contribution in [0.3, 0.4) is 0 Å². The Morgan fingerprint density at radius 3 is 2.70 bits per heavy atom. The van der Waals surface area contributed by atoms with Gasteiger partial charge in [-0.1, -0.05) is 23.8 Å². The Balaban J connectivity index is 1.67. The van der Waals surface area contributed by atoms with Crippen molar-refractivity contribution in [1.29, 1.82) is 0 Å². The summed E-state index contributed by atoms with van der Waals surface area (Å²) in [6, 6.07) is 10.6. The summed E-state index contributed by atoms with van der Waals surface area (Å²) in [4.78, 5) is 0.0615. The summed E-state index contributed by atoms with van der Waals surface area (Å²) in [5.74, 6) is -0.295. The van der Waals surface area contributed by atoms with E-state index in [0.29, 0.717) is 5.75 Å². The highest BCUT2D eigenvalue weighted by molar-refractivity contribution is 7.86. The van der Waals surface area contributed by atoms with E-state index in [9.17, 15) is 12.8 Å². The maximum absolute atomic E-state index is 13.7. The Hall–Kier alpha value is -2.12. The van der Waals surface area contributed by atoms with E-state index in [2.05, 4.69) is 0 Å². The van der Waals surface area contributed by atoms with Crippen molar-refractivity contribution in [3.63, 3.8) is 0 Å². The Kier molecular flexibility index (Phi) is 4.23. The minimum Gasteiger partial charge on any atom is -0.486 e. The van der Waals surface area contributed by atoms with Gasteiger partial charge in [0.15, 0.2) is 23.4 Å². The van der Waals surface area contributed by atoms with Gasteiger partial charge in [0.05, 0.1) is 4.90 Å². The van der Waals surface area contributed by atoms with Gasteiger partial charge in [-0.15, -0.1) is 0 Å². The molecule has 23 heavy (non-hydrogen) atoms. The fourth-order valence-corrected chi connectivity index (χ4v) is 3.06. The van der Waals surface area contributed by atoms with Gasteiger partial charge in [-0.05, 0) is 31.2 Å². The lowest BCUT2D eigenvalue weighted by molar-refractivity contribution is 0.0514. The molecule has 0 radical (unpaired) electrons. The third-order valence-corrected chi connectivity index (χ3v) is 4.65. The van der Waals surface area contributed by atoms with E-state index in [4.69, 9.17) is 13.7 Å². The molecule has 2 aromatic carbocycles. The van der Waals surface area contributed by atoms with Crippen LogP contribution in [-0.4, -0.2) is 27.7 Å². The lowest BCUT2D eigenvalue weighted by Crippen LogP contribution is -2.34. The normalized spacial score (nSPS) is 17.0. The Morgan fingerprint density at radius 2 is 1.96 bits per heavy atom. The third-order valence-electron chi connectivity index (χ3n) is 3.36. The van der Waals surface area contributed by atoms with Gasteiger partial charge in [0.2, 0.25) is 0 Å². The summed E-state index contributed by atoms with van der Waals surface area (Å²) in [6.45, 7) is 1.68. The molecule has 0 bridgehead atoms. The van der Waals surface area contributed by atoms with Crippen molar-refractivity contribution in [2.45, 2.75) is 17.9 Å². The fourth-order valence-electron chi connectivity index (χ4n) is 2.12. The van der Waals surface area contributed by atoms with Crippen LogP contribution in [0.15, 0.2) is 47.4 Å². The first-order valence-electron chi connectivity index (χ1n) is 7.00. The van der Waals surface area contributed by atoms with Crippen LogP contribution >= 0.6 is 0 Å². The highest BCUT2D eigenvalue weighted by Crippen LogP contribution is 2.34. The van der Waals surface area contributed by atoms with E-state index in [1.807, 2.05) is 6.92 Å². The average Bonchev–Trinajstić information content (AvgIpc) is 2.54. The lowest BCUT2D eigenvalue weighted by atomic mass is 10.2. The van der Waals surface area contributed by atoms with Crippen LogP contribution in [0.1, 0.15) is 5.56 Å². The van der Waals surface area contributed by atoms with Crippen LogP contribution in [0.2, 0.25) is 0 Å². The van der Waals surface area contributed by atoms with Crippen molar-refractivity contribution < 1.29 is 26.5 Å². The first kappa shape index (κ1) is 15.8. The molecule has 5 nitrogen and oxygen atoms in total. The molecule has 1 atom stereocenters. The van der Waals surface area contributed by atoms with Crippen LogP contribution in [0.4, 0.5) is 4.39 Å². The maximum atomic E-state index is 13.7. The molecule has 3 rings (SSSR count). The first-order valence-corrected chi connectivity index (χ1v) is 8.40. The second kappa shape index (κ2) is 6.17. The van der Waals surface area contributed by atoms with Crippen LogP contribution in [0.25, 0.3) is 0 Å². The summed E-state index contributed by atoms with van der Waals surface area (Å²) in [6.07, 6.45) is -0.709. The lowest BCUT2D eigenvalue weighted by Gasteiger charge is -2.26. The summed E-state index contributed by atoms with van der Waals surface area (Å²) in [5.41, 5.74) is 0.944. The average molecular weight is 338 g/mol. The van der Waals surface area contributed by atoms with Crippen molar-refractivity contribution in [3.05, 3.63) is 53.8 Å². The van der Waals surface area contributed by atoms with Crippen LogP contribution in [0, 0.1) is 12.7 Å². The molecule has 0 spiro atoms. The number of aryl methyl sites for hydroxylation is 1. The second-order valence-electron chi connectivity index (χ2n) is 5.17. The Labute approximate surface area is 133 Å². The molecule has 0 aliphatic carbocycles. The molecule has 1 heterocycles. The standard InChI is InChI=1S/C16H15FO5S/c1-11-5-7-13(8-6-11)23(18,19)21-10-12-9-20-15-4-2-3-14(17)16(15)22-12/h2-8,12H,9-10H2,1H3/t12-/m1/s1. The zero-order valence-corrected chi connectivity index (χ0v) is 13.2. The molecule has 2 aromatic rings. The van der Waals surface area contributed by atoms with Crippen molar-refractivity contribution in [2.75, 3.05) is 13.2 Å². The molecule has 122 valence electrons. The summed E-state index contributed by atoms with van der Waals surface area (Å²) < 4.78 is 53.7. The van der Waals surface area contributed by atoms with Gasteiger partial charge in [-0.2, -0.15) is 8.42 Å². The Morgan fingerprint density at radius 1 is 1.22 bits per heavy atom. The fraction of sp³-hybridized carbons (Fsp3) is 0.250. The largest absolute Gasteiger partial charge is 0.486 e. The molecular weight excluding hydrogens is 323 g/mol. The minimum absolute atomic E-state index is 0.0277. The Bertz CT molecular complexity index is 802. The van der Waals surface area contributed by atoms with E-state index < -0.39 is 22.0 Å². The van der Waals surface area contributed by atoms with E-state index in [0.717, 1.165) is 5.56 Å².